The second-order valence-corrected chi connectivity index (χ2v) is 6.02. The molecule has 0 saturated carbocycles. The monoisotopic (exact) mass is 285 g/mol. The molecule has 4 rings (SSSR count). The van der Waals surface area contributed by atoms with Crippen molar-refractivity contribution in [2.45, 2.75) is 12.8 Å². The SMILES string of the molecule is c1csc(-n2c(CC3CCOC3)nc3cccnc32)c1. The molecule has 1 unspecified atom stereocenters. The van der Waals surface area contributed by atoms with Gasteiger partial charge in [-0.15, -0.1) is 11.3 Å². The summed E-state index contributed by atoms with van der Waals surface area (Å²) in [5.74, 6) is 1.67. The van der Waals surface area contributed by atoms with Crippen LogP contribution in [0.5, 0.6) is 0 Å². The number of thiophene rings is 1. The first-order chi connectivity index (χ1) is 9.92. The van der Waals surface area contributed by atoms with Gasteiger partial charge in [0.1, 0.15) is 16.3 Å². The molecule has 1 atom stereocenters. The number of imidazole rings is 1. The highest BCUT2D eigenvalue weighted by atomic mass is 32.1. The highest BCUT2D eigenvalue weighted by molar-refractivity contribution is 7.12. The smallest absolute Gasteiger partial charge is 0.165 e. The summed E-state index contributed by atoms with van der Waals surface area (Å²) in [6.45, 7) is 1.73. The molecule has 4 nitrogen and oxygen atoms in total. The van der Waals surface area contributed by atoms with Gasteiger partial charge in [-0.05, 0) is 42.0 Å². The minimum absolute atomic E-state index is 0.575. The lowest BCUT2D eigenvalue weighted by Crippen LogP contribution is -2.09. The van der Waals surface area contributed by atoms with Crippen molar-refractivity contribution in [3.63, 3.8) is 0 Å². The fourth-order valence-corrected chi connectivity index (χ4v) is 3.48. The van der Waals surface area contributed by atoms with Crippen molar-refractivity contribution in [2.75, 3.05) is 13.2 Å². The van der Waals surface area contributed by atoms with Crippen LogP contribution in [0.3, 0.4) is 0 Å². The van der Waals surface area contributed by atoms with Crippen LogP contribution in [0.2, 0.25) is 0 Å². The van der Waals surface area contributed by atoms with Crippen LogP contribution in [0.15, 0.2) is 35.8 Å². The van der Waals surface area contributed by atoms with Crippen LogP contribution in [0, 0.1) is 5.92 Å². The summed E-state index contributed by atoms with van der Waals surface area (Å²) in [7, 11) is 0. The standard InChI is InChI=1S/C15H15N3OS/c1-3-12-15(16-6-1)18(14-4-2-8-20-14)13(17-12)9-11-5-7-19-10-11/h1-4,6,8,11H,5,7,9-10H2. The molecule has 1 saturated heterocycles. The highest BCUT2D eigenvalue weighted by Gasteiger charge is 2.21. The third-order valence-electron chi connectivity index (χ3n) is 3.71. The van der Waals surface area contributed by atoms with Gasteiger partial charge in [-0.3, -0.25) is 4.57 Å². The lowest BCUT2D eigenvalue weighted by molar-refractivity contribution is 0.185. The molecule has 0 bridgehead atoms. The molecule has 1 aliphatic heterocycles. The van der Waals surface area contributed by atoms with Crippen LogP contribution < -0.4 is 0 Å². The second-order valence-electron chi connectivity index (χ2n) is 5.09. The summed E-state index contributed by atoms with van der Waals surface area (Å²) in [6, 6.07) is 8.16. The fourth-order valence-electron chi connectivity index (χ4n) is 2.73. The van der Waals surface area contributed by atoms with Crippen LogP contribution in [0.4, 0.5) is 0 Å². The molecular weight excluding hydrogens is 270 g/mol. The van der Waals surface area contributed by atoms with Crippen LogP contribution in [-0.4, -0.2) is 27.7 Å². The molecule has 4 heterocycles. The number of hydrogen-bond acceptors (Lipinski definition) is 4. The molecule has 20 heavy (non-hydrogen) atoms. The number of fused-ring (bicyclic) bond motifs is 1. The van der Waals surface area contributed by atoms with E-state index in [2.05, 4.69) is 27.1 Å². The van der Waals surface area contributed by atoms with Gasteiger partial charge in [0.15, 0.2) is 5.65 Å². The van der Waals surface area contributed by atoms with E-state index in [-0.39, 0.29) is 0 Å². The Hall–Kier alpha value is -1.72. The molecule has 0 radical (unpaired) electrons. The Bertz CT molecular complexity index is 714. The summed E-state index contributed by atoms with van der Waals surface area (Å²) >= 11 is 1.72. The summed E-state index contributed by atoms with van der Waals surface area (Å²) < 4.78 is 7.68. The molecule has 3 aromatic rings. The third-order valence-corrected chi connectivity index (χ3v) is 4.56. The van der Waals surface area contributed by atoms with Gasteiger partial charge in [0, 0.05) is 25.8 Å². The van der Waals surface area contributed by atoms with Crippen LogP contribution in [0.25, 0.3) is 16.2 Å². The first-order valence-electron chi connectivity index (χ1n) is 6.86. The van der Waals surface area contributed by atoms with Gasteiger partial charge in [0.25, 0.3) is 0 Å². The Balaban J connectivity index is 1.83. The molecule has 1 fully saturated rings. The van der Waals surface area contributed by atoms with E-state index >= 15 is 0 Å². The molecular formula is C15H15N3OS. The Kier molecular flexibility index (Phi) is 3.01. The van der Waals surface area contributed by atoms with Gasteiger partial charge in [0.05, 0.1) is 0 Å². The zero-order valence-corrected chi connectivity index (χ0v) is 11.8. The van der Waals surface area contributed by atoms with Crippen molar-refractivity contribution < 1.29 is 4.74 Å². The van der Waals surface area contributed by atoms with Gasteiger partial charge in [-0.2, -0.15) is 0 Å². The Morgan fingerprint density at radius 3 is 3.15 bits per heavy atom. The number of pyridine rings is 1. The number of nitrogens with zero attached hydrogens (tertiary/aromatic N) is 3. The Morgan fingerprint density at radius 2 is 2.35 bits per heavy atom. The molecule has 0 spiro atoms. The number of rotatable bonds is 3. The summed E-state index contributed by atoms with van der Waals surface area (Å²) in [5, 5.41) is 3.27. The molecule has 3 aromatic heterocycles. The maximum Gasteiger partial charge on any atom is 0.165 e. The normalized spacial score (nSPS) is 18.9. The van der Waals surface area contributed by atoms with E-state index in [1.165, 1.54) is 5.00 Å². The van der Waals surface area contributed by atoms with E-state index < -0.39 is 0 Å². The largest absolute Gasteiger partial charge is 0.381 e. The predicted octanol–water partition coefficient (Wildman–Crippen LogP) is 3.06. The van der Waals surface area contributed by atoms with Crippen molar-refractivity contribution in [1.82, 2.24) is 14.5 Å². The summed E-state index contributed by atoms with van der Waals surface area (Å²) in [4.78, 5) is 9.29. The third kappa shape index (κ3) is 2.03. The predicted molar refractivity (Wildman–Crippen MR) is 79.4 cm³/mol. The van der Waals surface area contributed by atoms with Gasteiger partial charge in [0.2, 0.25) is 0 Å². The van der Waals surface area contributed by atoms with E-state index in [1.54, 1.807) is 11.3 Å². The van der Waals surface area contributed by atoms with Crippen molar-refractivity contribution in [3.8, 4) is 5.00 Å². The average Bonchev–Trinajstić information content (AvgIpc) is 3.18. The summed E-state index contributed by atoms with van der Waals surface area (Å²) in [6.07, 6.45) is 3.91. The van der Waals surface area contributed by atoms with Gasteiger partial charge < -0.3 is 4.74 Å². The quantitative estimate of drug-likeness (QED) is 0.742. The maximum atomic E-state index is 5.48. The molecule has 0 amide bonds. The second kappa shape index (κ2) is 5.00. The van der Waals surface area contributed by atoms with Gasteiger partial charge >= 0.3 is 0 Å². The molecule has 0 N–H and O–H groups in total. The first kappa shape index (κ1) is 12.1. The van der Waals surface area contributed by atoms with E-state index in [0.29, 0.717) is 5.92 Å². The average molecular weight is 285 g/mol. The van der Waals surface area contributed by atoms with Gasteiger partial charge in [-0.1, -0.05) is 0 Å². The van der Waals surface area contributed by atoms with E-state index in [4.69, 9.17) is 9.72 Å². The molecule has 5 heteroatoms. The first-order valence-corrected chi connectivity index (χ1v) is 7.74. The molecule has 102 valence electrons. The fraction of sp³-hybridized carbons (Fsp3) is 0.333. The van der Waals surface area contributed by atoms with Crippen LogP contribution >= 0.6 is 11.3 Å². The molecule has 1 aliphatic rings. The van der Waals surface area contributed by atoms with E-state index in [1.807, 2.05) is 18.3 Å². The zero-order chi connectivity index (χ0) is 13.4. The lowest BCUT2D eigenvalue weighted by Gasteiger charge is -2.09. The number of ether oxygens (including phenoxy) is 1. The zero-order valence-electron chi connectivity index (χ0n) is 11.0. The molecule has 0 aliphatic carbocycles. The van der Waals surface area contributed by atoms with Crippen molar-refractivity contribution in [1.29, 1.82) is 0 Å². The topological polar surface area (TPSA) is 39.9 Å². The lowest BCUT2D eigenvalue weighted by atomic mass is 10.1. The molecule has 0 aromatic carbocycles. The summed E-state index contributed by atoms with van der Waals surface area (Å²) in [5.41, 5.74) is 1.92. The number of hydrogen-bond donors (Lipinski definition) is 0. The van der Waals surface area contributed by atoms with E-state index in [9.17, 15) is 0 Å². The maximum absolute atomic E-state index is 5.48. The van der Waals surface area contributed by atoms with Crippen molar-refractivity contribution in [3.05, 3.63) is 41.7 Å². The Morgan fingerprint density at radius 1 is 1.35 bits per heavy atom. The Labute approximate surface area is 121 Å². The van der Waals surface area contributed by atoms with Crippen molar-refractivity contribution >= 4 is 22.5 Å². The minimum atomic E-state index is 0.575. The highest BCUT2D eigenvalue weighted by Crippen LogP contribution is 2.26. The minimum Gasteiger partial charge on any atom is -0.381 e. The number of aromatic nitrogens is 3. The van der Waals surface area contributed by atoms with E-state index in [0.717, 1.165) is 43.0 Å². The van der Waals surface area contributed by atoms with Crippen LogP contribution in [0.1, 0.15) is 12.2 Å². The van der Waals surface area contributed by atoms with Crippen molar-refractivity contribution in [2.24, 2.45) is 5.92 Å². The van der Waals surface area contributed by atoms with Crippen LogP contribution in [-0.2, 0) is 11.2 Å². The van der Waals surface area contributed by atoms with Gasteiger partial charge in [-0.25, -0.2) is 9.97 Å².